The molecule has 3 rings (SSSR count). The maximum atomic E-state index is 6.08. The minimum absolute atomic E-state index is 0.287. The Morgan fingerprint density at radius 1 is 1.38 bits per heavy atom. The average Bonchev–Trinajstić information content (AvgIpc) is 2.95. The molecule has 0 saturated carbocycles. The van der Waals surface area contributed by atoms with Crippen LogP contribution in [0.15, 0.2) is 52.2 Å². The van der Waals surface area contributed by atoms with E-state index < -0.39 is 0 Å². The second kappa shape index (κ2) is 7.11. The van der Waals surface area contributed by atoms with Gasteiger partial charge in [-0.15, -0.1) is 0 Å². The number of ether oxygens (including phenoxy) is 1. The van der Waals surface area contributed by atoms with Gasteiger partial charge < -0.3 is 20.2 Å². The van der Waals surface area contributed by atoms with Crippen molar-refractivity contribution in [2.75, 3.05) is 12.4 Å². The number of aromatic nitrogens is 2. The van der Waals surface area contributed by atoms with Gasteiger partial charge in [0.05, 0.1) is 24.4 Å². The first-order chi connectivity index (χ1) is 11.5. The van der Waals surface area contributed by atoms with Crippen molar-refractivity contribution >= 4 is 44.8 Å². The minimum Gasteiger partial charge on any atom is -0.495 e. The number of nitrogens with one attached hydrogen (secondary N) is 1. The van der Waals surface area contributed by atoms with Crippen molar-refractivity contribution in [2.45, 2.75) is 6.54 Å². The Labute approximate surface area is 152 Å². The van der Waals surface area contributed by atoms with Crippen LogP contribution in [0.1, 0.15) is 5.69 Å². The number of hydrogen-bond acceptors (Lipinski definition) is 3. The molecule has 0 saturated heterocycles. The summed E-state index contributed by atoms with van der Waals surface area (Å²) in [6.45, 7) is 0.377. The van der Waals surface area contributed by atoms with Crippen molar-refractivity contribution in [3.63, 3.8) is 0 Å². The SMILES string of the molecule is COc1ccc(NC(N)=NCc2cn3cc(Br)ccc3n2)cc1Cl. The lowest BCUT2D eigenvalue weighted by atomic mass is 10.3. The van der Waals surface area contributed by atoms with E-state index in [-0.39, 0.29) is 5.96 Å². The highest BCUT2D eigenvalue weighted by Crippen LogP contribution is 2.27. The van der Waals surface area contributed by atoms with E-state index in [9.17, 15) is 0 Å². The summed E-state index contributed by atoms with van der Waals surface area (Å²) >= 11 is 9.51. The van der Waals surface area contributed by atoms with Crippen molar-refractivity contribution in [3.8, 4) is 5.75 Å². The molecule has 0 bridgehead atoms. The second-order valence-electron chi connectivity index (χ2n) is 5.02. The van der Waals surface area contributed by atoms with Crippen LogP contribution in [0, 0.1) is 0 Å². The maximum absolute atomic E-state index is 6.08. The van der Waals surface area contributed by atoms with Crippen LogP contribution in [-0.4, -0.2) is 22.5 Å². The number of anilines is 1. The Bertz CT molecular complexity index is 909. The van der Waals surface area contributed by atoms with Gasteiger partial charge in [0.2, 0.25) is 0 Å². The molecule has 0 aliphatic rings. The number of halogens is 2. The number of fused-ring (bicyclic) bond motifs is 1. The van der Waals surface area contributed by atoms with Gasteiger partial charge in [0, 0.05) is 22.6 Å². The minimum atomic E-state index is 0.287. The van der Waals surface area contributed by atoms with Gasteiger partial charge in [-0.3, -0.25) is 0 Å². The number of aliphatic imine (C=N–C) groups is 1. The molecule has 0 aliphatic heterocycles. The molecule has 2 aromatic heterocycles. The topological polar surface area (TPSA) is 76.9 Å². The first kappa shape index (κ1) is 16.6. The molecule has 24 heavy (non-hydrogen) atoms. The molecule has 6 nitrogen and oxygen atoms in total. The molecule has 0 spiro atoms. The van der Waals surface area contributed by atoms with Gasteiger partial charge in [-0.05, 0) is 46.3 Å². The van der Waals surface area contributed by atoms with E-state index in [1.54, 1.807) is 19.2 Å². The summed E-state index contributed by atoms with van der Waals surface area (Å²) in [4.78, 5) is 8.78. The van der Waals surface area contributed by atoms with Crippen LogP contribution in [0.4, 0.5) is 5.69 Å². The van der Waals surface area contributed by atoms with E-state index in [0.717, 1.165) is 21.5 Å². The van der Waals surface area contributed by atoms with Gasteiger partial charge in [0.25, 0.3) is 0 Å². The third-order valence-electron chi connectivity index (χ3n) is 3.30. The number of imidazole rings is 1. The zero-order chi connectivity index (χ0) is 17.1. The Kier molecular flexibility index (Phi) is 4.92. The number of benzene rings is 1. The van der Waals surface area contributed by atoms with Crippen LogP contribution in [0.5, 0.6) is 5.75 Å². The number of pyridine rings is 1. The molecule has 0 unspecified atom stereocenters. The summed E-state index contributed by atoms with van der Waals surface area (Å²) in [7, 11) is 1.57. The van der Waals surface area contributed by atoms with Crippen molar-refractivity contribution in [2.24, 2.45) is 10.7 Å². The summed E-state index contributed by atoms with van der Waals surface area (Å²) in [5.74, 6) is 0.892. The number of guanidine groups is 1. The monoisotopic (exact) mass is 407 g/mol. The summed E-state index contributed by atoms with van der Waals surface area (Å²) in [6, 6.07) is 9.18. The number of hydrogen-bond donors (Lipinski definition) is 2. The van der Waals surface area contributed by atoms with Crippen molar-refractivity contribution in [3.05, 3.63) is 57.9 Å². The molecule has 2 heterocycles. The highest BCUT2D eigenvalue weighted by Gasteiger charge is 2.04. The number of nitrogens with two attached hydrogens (primary N) is 1. The average molecular weight is 409 g/mol. The highest BCUT2D eigenvalue weighted by molar-refractivity contribution is 9.10. The summed E-state index contributed by atoms with van der Waals surface area (Å²) in [6.07, 6.45) is 3.86. The Balaban J connectivity index is 1.70. The van der Waals surface area contributed by atoms with E-state index in [1.807, 2.05) is 35.0 Å². The quantitative estimate of drug-likeness (QED) is 0.510. The lowest BCUT2D eigenvalue weighted by molar-refractivity contribution is 0.415. The highest BCUT2D eigenvalue weighted by atomic mass is 79.9. The third-order valence-corrected chi connectivity index (χ3v) is 4.06. The lowest BCUT2D eigenvalue weighted by Crippen LogP contribution is -2.22. The Morgan fingerprint density at radius 3 is 2.96 bits per heavy atom. The zero-order valence-electron chi connectivity index (χ0n) is 12.8. The van der Waals surface area contributed by atoms with Crippen LogP contribution in [0.3, 0.4) is 0 Å². The normalized spacial score (nSPS) is 11.7. The molecule has 8 heteroatoms. The molecule has 124 valence electrons. The summed E-state index contributed by atoms with van der Waals surface area (Å²) < 4.78 is 8.03. The molecule has 0 atom stereocenters. The Hall–Kier alpha value is -2.25. The molecule has 3 aromatic rings. The van der Waals surface area contributed by atoms with Crippen LogP contribution in [-0.2, 0) is 6.54 Å². The first-order valence-corrected chi connectivity index (χ1v) is 8.26. The van der Waals surface area contributed by atoms with E-state index in [4.69, 9.17) is 22.1 Å². The van der Waals surface area contributed by atoms with Crippen LogP contribution in [0.25, 0.3) is 5.65 Å². The summed E-state index contributed by atoms with van der Waals surface area (Å²) in [5.41, 5.74) is 8.33. The van der Waals surface area contributed by atoms with Gasteiger partial charge >= 0.3 is 0 Å². The lowest BCUT2D eigenvalue weighted by Gasteiger charge is -2.08. The maximum Gasteiger partial charge on any atom is 0.193 e. The Morgan fingerprint density at radius 2 is 2.21 bits per heavy atom. The largest absolute Gasteiger partial charge is 0.495 e. The molecule has 0 radical (unpaired) electrons. The molecule has 1 aromatic carbocycles. The fraction of sp³-hybridized carbons (Fsp3) is 0.125. The first-order valence-electron chi connectivity index (χ1n) is 7.09. The van der Waals surface area contributed by atoms with Crippen molar-refractivity contribution in [1.29, 1.82) is 0 Å². The van der Waals surface area contributed by atoms with Crippen LogP contribution < -0.4 is 15.8 Å². The number of methoxy groups -OCH3 is 1. The zero-order valence-corrected chi connectivity index (χ0v) is 15.2. The number of rotatable bonds is 4. The van der Waals surface area contributed by atoms with Gasteiger partial charge in [-0.2, -0.15) is 0 Å². The smallest absolute Gasteiger partial charge is 0.193 e. The van der Waals surface area contributed by atoms with Crippen LogP contribution >= 0.6 is 27.5 Å². The van der Waals surface area contributed by atoms with Gasteiger partial charge in [-0.1, -0.05) is 11.6 Å². The molecular weight excluding hydrogens is 394 g/mol. The second-order valence-corrected chi connectivity index (χ2v) is 6.34. The van der Waals surface area contributed by atoms with Crippen molar-refractivity contribution in [1.82, 2.24) is 9.38 Å². The molecular formula is C16H15BrClN5O. The third kappa shape index (κ3) is 3.80. The van der Waals surface area contributed by atoms with Gasteiger partial charge in [0.15, 0.2) is 5.96 Å². The molecule has 0 fully saturated rings. The van der Waals surface area contributed by atoms with Crippen LogP contribution in [0.2, 0.25) is 5.02 Å². The van der Waals surface area contributed by atoms with Gasteiger partial charge in [-0.25, -0.2) is 9.98 Å². The molecule has 0 amide bonds. The van der Waals surface area contributed by atoms with E-state index in [2.05, 4.69) is 31.2 Å². The van der Waals surface area contributed by atoms with E-state index in [0.29, 0.717) is 17.3 Å². The predicted octanol–water partition coefficient (Wildman–Crippen LogP) is 3.69. The van der Waals surface area contributed by atoms with Gasteiger partial charge in [0.1, 0.15) is 11.4 Å². The fourth-order valence-corrected chi connectivity index (χ4v) is 2.80. The fourth-order valence-electron chi connectivity index (χ4n) is 2.19. The van der Waals surface area contributed by atoms with Crippen molar-refractivity contribution < 1.29 is 4.74 Å². The predicted molar refractivity (Wildman–Crippen MR) is 99.8 cm³/mol. The number of nitrogens with zero attached hydrogens (tertiary/aromatic N) is 3. The van der Waals surface area contributed by atoms with E-state index in [1.165, 1.54) is 0 Å². The molecule has 3 N–H and O–H groups in total. The standard InChI is InChI=1S/C16H15BrClN5O/c1-24-14-4-3-11(6-13(14)18)22-16(19)20-7-12-9-23-8-10(17)2-5-15(23)21-12/h2-6,8-9H,7H2,1H3,(H3,19,20,22). The summed E-state index contributed by atoms with van der Waals surface area (Å²) in [5, 5.41) is 3.49. The molecule has 0 aliphatic carbocycles. The van der Waals surface area contributed by atoms with E-state index >= 15 is 0 Å².